The van der Waals surface area contributed by atoms with Gasteiger partial charge in [0.15, 0.2) is 0 Å². The van der Waals surface area contributed by atoms with E-state index < -0.39 is 0 Å². The van der Waals surface area contributed by atoms with Crippen molar-refractivity contribution in [2.24, 2.45) is 11.7 Å². The molecule has 2 unspecified atom stereocenters. The van der Waals surface area contributed by atoms with E-state index in [9.17, 15) is 9.59 Å². The third-order valence-corrected chi connectivity index (χ3v) is 3.25. The number of halogens is 1. The smallest absolute Gasteiger partial charge is 0.321 e. The molecule has 1 aromatic carbocycles. The summed E-state index contributed by atoms with van der Waals surface area (Å²) < 4.78 is 0. The van der Waals surface area contributed by atoms with Gasteiger partial charge in [-0.1, -0.05) is 19.1 Å². The molecular formula is C15H25ClN4O2. The minimum Gasteiger partial charge on any atom is -0.352 e. The fourth-order valence-electron chi connectivity index (χ4n) is 1.58. The molecule has 0 aromatic heterocycles. The number of nitrogens with zero attached hydrogens (tertiary/aromatic N) is 1. The van der Waals surface area contributed by atoms with Gasteiger partial charge in [-0.05, 0) is 24.6 Å². The Hall–Kier alpha value is -1.79. The number of nitrogens with two attached hydrogens (primary N) is 1. The van der Waals surface area contributed by atoms with Crippen LogP contribution in [0.5, 0.6) is 0 Å². The summed E-state index contributed by atoms with van der Waals surface area (Å²) in [6.07, 6.45) is 0. The lowest BCUT2D eigenvalue weighted by Crippen LogP contribution is -2.38. The first-order valence-corrected chi connectivity index (χ1v) is 6.91. The number of hydrogen-bond acceptors (Lipinski definition) is 3. The molecule has 7 heteroatoms. The number of anilines is 1. The largest absolute Gasteiger partial charge is 0.352 e. The van der Waals surface area contributed by atoms with E-state index in [2.05, 4.69) is 10.6 Å². The summed E-state index contributed by atoms with van der Waals surface area (Å²) in [6.45, 7) is 4.01. The zero-order valence-electron chi connectivity index (χ0n) is 13.4. The molecule has 2 atom stereocenters. The van der Waals surface area contributed by atoms with Crippen LogP contribution in [-0.2, 0) is 11.3 Å². The van der Waals surface area contributed by atoms with E-state index in [0.29, 0.717) is 12.2 Å². The Labute approximate surface area is 137 Å². The number of urea groups is 1. The summed E-state index contributed by atoms with van der Waals surface area (Å²) in [4.78, 5) is 24.9. The van der Waals surface area contributed by atoms with Crippen molar-refractivity contribution in [2.75, 3.05) is 19.4 Å². The molecule has 0 spiro atoms. The monoisotopic (exact) mass is 328 g/mol. The van der Waals surface area contributed by atoms with Crippen LogP contribution in [0, 0.1) is 5.92 Å². The Morgan fingerprint density at radius 3 is 2.45 bits per heavy atom. The summed E-state index contributed by atoms with van der Waals surface area (Å²) >= 11 is 0. The Morgan fingerprint density at radius 1 is 1.27 bits per heavy atom. The van der Waals surface area contributed by atoms with Crippen LogP contribution in [0.15, 0.2) is 24.3 Å². The fraction of sp³-hybridized carbons (Fsp3) is 0.467. The van der Waals surface area contributed by atoms with E-state index in [1.807, 2.05) is 25.1 Å². The Bertz CT molecular complexity index is 506. The van der Waals surface area contributed by atoms with Gasteiger partial charge in [0.05, 0.1) is 0 Å². The van der Waals surface area contributed by atoms with E-state index in [1.165, 1.54) is 4.90 Å². The predicted molar refractivity (Wildman–Crippen MR) is 91.1 cm³/mol. The van der Waals surface area contributed by atoms with Crippen molar-refractivity contribution in [3.63, 3.8) is 0 Å². The Morgan fingerprint density at radius 2 is 1.91 bits per heavy atom. The van der Waals surface area contributed by atoms with E-state index in [1.54, 1.807) is 27.1 Å². The number of rotatable bonds is 5. The molecule has 1 rings (SSSR count). The summed E-state index contributed by atoms with van der Waals surface area (Å²) in [7, 11) is 3.35. The molecule has 1 aromatic rings. The minimum absolute atomic E-state index is 0. The molecule has 0 bridgehead atoms. The van der Waals surface area contributed by atoms with Crippen LogP contribution >= 0.6 is 12.4 Å². The molecule has 124 valence electrons. The third-order valence-electron chi connectivity index (χ3n) is 3.25. The molecule has 6 nitrogen and oxygen atoms in total. The molecule has 0 aliphatic carbocycles. The summed E-state index contributed by atoms with van der Waals surface area (Å²) in [5.41, 5.74) is 7.31. The number of carbonyl (C=O) groups excluding carboxylic acids is 2. The standard InChI is InChI=1S/C15H24N4O2.ClH/c1-10(11(2)16)14(20)17-9-12-6-5-7-13(8-12)18-15(21)19(3)4;/h5-8,10-11H,9,16H2,1-4H3,(H,17,20)(H,18,21);1H. The normalized spacial score (nSPS) is 12.6. The number of benzene rings is 1. The van der Waals surface area contributed by atoms with Gasteiger partial charge < -0.3 is 21.3 Å². The van der Waals surface area contributed by atoms with Gasteiger partial charge in [0.1, 0.15) is 0 Å². The number of nitrogens with one attached hydrogen (secondary N) is 2. The second kappa shape index (κ2) is 9.27. The molecule has 0 saturated carbocycles. The molecule has 0 heterocycles. The van der Waals surface area contributed by atoms with Crippen LogP contribution < -0.4 is 16.4 Å². The molecule has 22 heavy (non-hydrogen) atoms. The van der Waals surface area contributed by atoms with Gasteiger partial charge in [-0.25, -0.2) is 4.79 Å². The van der Waals surface area contributed by atoms with Crippen LogP contribution in [0.25, 0.3) is 0 Å². The van der Waals surface area contributed by atoms with Gasteiger partial charge in [-0.3, -0.25) is 4.79 Å². The van der Waals surface area contributed by atoms with Crippen LogP contribution in [0.4, 0.5) is 10.5 Å². The minimum atomic E-state index is -0.235. The number of carbonyl (C=O) groups is 2. The summed E-state index contributed by atoms with van der Waals surface area (Å²) in [5.74, 6) is -0.311. The first-order chi connectivity index (χ1) is 9.81. The molecular weight excluding hydrogens is 304 g/mol. The zero-order chi connectivity index (χ0) is 16.0. The van der Waals surface area contributed by atoms with Crippen molar-refractivity contribution in [3.05, 3.63) is 29.8 Å². The van der Waals surface area contributed by atoms with Crippen molar-refractivity contribution < 1.29 is 9.59 Å². The fourth-order valence-corrected chi connectivity index (χ4v) is 1.58. The maximum Gasteiger partial charge on any atom is 0.321 e. The third kappa shape index (κ3) is 6.32. The highest BCUT2D eigenvalue weighted by atomic mass is 35.5. The Kier molecular flexibility index (Phi) is 8.52. The molecule has 0 aliphatic rings. The van der Waals surface area contributed by atoms with Gasteiger partial charge in [-0.15, -0.1) is 12.4 Å². The van der Waals surface area contributed by atoms with E-state index in [4.69, 9.17) is 5.73 Å². The quantitative estimate of drug-likeness (QED) is 0.770. The SMILES string of the molecule is CC(N)C(C)C(=O)NCc1cccc(NC(=O)N(C)C)c1.Cl. The average molecular weight is 329 g/mol. The van der Waals surface area contributed by atoms with Crippen LogP contribution in [0.3, 0.4) is 0 Å². The molecule has 0 radical (unpaired) electrons. The van der Waals surface area contributed by atoms with E-state index in [-0.39, 0.29) is 36.3 Å². The number of amides is 3. The highest BCUT2D eigenvalue weighted by Gasteiger charge is 2.16. The van der Waals surface area contributed by atoms with Crippen LogP contribution in [-0.4, -0.2) is 37.0 Å². The molecule has 0 saturated heterocycles. The lowest BCUT2D eigenvalue weighted by atomic mass is 10.0. The van der Waals surface area contributed by atoms with E-state index >= 15 is 0 Å². The van der Waals surface area contributed by atoms with Gasteiger partial charge >= 0.3 is 6.03 Å². The average Bonchev–Trinajstić information content (AvgIpc) is 2.44. The lowest BCUT2D eigenvalue weighted by Gasteiger charge is -2.16. The molecule has 0 fully saturated rings. The van der Waals surface area contributed by atoms with Crippen LogP contribution in [0.1, 0.15) is 19.4 Å². The van der Waals surface area contributed by atoms with Gasteiger partial charge in [0.2, 0.25) is 5.91 Å². The van der Waals surface area contributed by atoms with E-state index in [0.717, 1.165) is 5.56 Å². The molecule has 4 N–H and O–H groups in total. The second-order valence-corrected chi connectivity index (χ2v) is 5.39. The first kappa shape index (κ1) is 20.2. The maximum absolute atomic E-state index is 11.8. The van der Waals surface area contributed by atoms with Crippen molar-refractivity contribution in [1.29, 1.82) is 0 Å². The van der Waals surface area contributed by atoms with Crippen molar-refractivity contribution in [3.8, 4) is 0 Å². The highest BCUT2D eigenvalue weighted by molar-refractivity contribution is 5.89. The van der Waals surface area contributed by atoms with Crippen LogP contribution in [0.2, 0.25) is 0 Å². The molecule has 3 amide bonds. The lowest BCUT2D eigenvalue weighted by molar-refractivity contribution is -0.125. The second-order valence-electron chi connectivity index (χ2n) is 5.39. The van der Waals surface area contributed by atoms with Gasteiger partial charge in [0.25, 0.3) is 0 Å². The van der Waals surface area contributed by atoms with Crippen molar-refractivity contribution in [1.82, 2.24) is 10.2 Å². The Balaban J connectivity index is 0.00000441. The summed E-state index contributed by atoms with van der Waals surface area (Å²) in [5, 5.41) is 5.61. The zero-order valence-corrected chi connectivity index (χ0v) is 14.2. The van der Waals surface area contributed by atoms with Gasteiger partial charge in [-0.2, -0.15) is 0 Å². The maximum atomic E-state index is 11.8. The summed E-state index contributed by atoms with van der Waals surface area (Å²) in [6, 6.07) is 6.98. The predicted octanol–water partition coefficient (Wildman–Crippen LogP) is 1.80. The highest BCUT2D eigenvalue weighted by Crippen LogP contribution is 2.11. The topological polar surface area (TPSA) is 87.5 Å². The van der Waals surface area contributed by atoms with Crippen molar-refractivity contribution in [2.45, 2.75) is 26.4 Å². The van der Waals surface area contributed by atoms with Gasteiger partial charge in [0, 0.05) is 38.3 Å². The van der Waals surface area contributed by atoms with Crippen molar-refractivity contribution >= 4 is 30.0 Å². The molecule has 0 aliphatic heterocycles. The number of hydrogen-bond donors (Lipinski definition) is 3. The first-order valence-electron chi connectivity index (χ1n) is 6.91.